The van der Waals surface area contributed by atoms with Crippen LogP contribution in [0.3, 0.4) is 0 Å². The van der Waals surface area contributed by atoms with Crippen molar-refractivity contribution in [3.05, 3.63) is 107 Å². The Hall–Kier alpha value is -3.49. The van der Waals surface area contributed by atoms with Crippen LogP contribution < -0.4 is 0 Å². The first-order valence-corrected chi connectivity index (χ1v) is 11.2. The van der Waals surface area contributed by atoms with Crippen LogP contribution in [0.1, 0.15) is 35.3 Å². The first-order valence-electron chi connectivity index (χ1n) is 11.2. The van der Waals surface area contributed by atoms with Crippen LogP contribution in [-0.4, -0.2) is 18.0 Å². The van der Waals surface area contributed by atoms with Crippen LogP contribution in [-0.2, 0) is 18.4 Å². The van der Waals surface area contributed by atoms with Crippen LogP contribution in [0.25, 0.3) is 11.0 Å². The van der Waals surface area contributed by atoms with Gasteiger partial charge < -0.3 is 4.42 Å². The Morgan fingerprint density at radius 3 is 2.18 bits per heavy atom. The summed E-state index contributed by atoms with van der Waals surface area (Å²) in [5.74, 6) is 0.374. The molecular weight excluding hydrogens is 418 g/mol. The van der Waals surface area contributed by atoms with Crippen LogP contribution in [0.2, 0.25) is 0 Å². The van der Waals surface area contributed by atoms with Gasteiger partial charge in [-0.15, -0.1) is 0 Å². The summed E-state index contributed by atoms with van der Waals surface area (Å²) >= 11 is 0. The highest BCUT2D eigenvalue weighted by atomic mass is 19.1. The lowest BCUT2D eigenvalue weighted by molar-refractivity contribution is 0.235. The highest BCUT2D eigenvalue weighted by Crippen LogP contribution is 2.37. The summed E-state index contributed by atoms with van der Waals surface area (Å²) in [6, 6.07) is 22.7. The van der Waals surface area contributed by atoms with Crippen molar-refractivity contribution in [2.24, 2.45) is 0 Å². The molecule has 1 aliphatic rings. The third kappa shape index (κ3) is 4.03. The average molecular weight is 443 g/mol. The topological polar surface area (TPSA) is 40.2 Å². The van der Waals surface area contributed by atoms with E-state index in [1.807, 2.05) is 18.2 Å². The molecule has 0 saturated heterocycles. The maximum Gasteiger partial charge on any atom is 0.134 e. The minimum Gasteiger partial charge on any atom is -0.461 e. The molecule has 0 N–H and O–H groups in total. The highest BCUT2D eigenvalue weighted by Gasteiger charge is 2.34. The Labute approximate surface area is 191 Å². The van der Waals surface area contributed by atoms with Crippen LogP contribution >= 0.6 is 0 Å². The first-order chi connectivity index (χ1) is 16.1. The van der Waals surface area contributed by atoms with Gasteiger partial charge in [-0.2, -0.15) is 5.26 Å². The van der Waals surface area contributed by atoms with Crippen LogP contribution in [0.4, 0.5) is 8.78 Å². The first kappa shape index (κ1) is 21.4. The van der Waals surface area contributed by atoms with Crippen molar-refractivity contribution in [1.29, 1.82) is 5.26 Å². The third-order valence-corrected chi connectivity index (χ3v) is 6.71. The van der Waals surface area contributed by atoms with E-state index in [1.165, 1.54) is 35.2 Å². The summed E-state index contributed by atoms with van der Waals surface area (Å²) in [7, 11) is 0. The van der Waals surface area contributed by atoms with Gasteiger partial charge in [0.15, 0.2) is 0 Å². The Bertz CT molecular complexity index is 1260. The molecule has 0 aliphatic carbocycles. The van der Waals surface area contributed by atoms with E-state index < -0.39 is 5.41 Å². The molecule has 0 unspecified atom stereocenters. The molecule has 1 aliphatic heterocycles. The zero-order chi connectivity index (χ0) is 22.8. The van der Waals surface area contributed by atoms with Crippen molar-refractivity contribution in [2.45, 2.75) is 31.2 Å². The highest BCUT2D eigenvalue weighted by molar-refractivity contribution is 5.82. The van der Waals surface area contributed by atoms with Gasteiger partial charge in [0.2, 0.25) is 0 Å². The van der Waals surface area contributed by atoms with Gasteiger partial charge >= 0.3 is 0 Å². The molecule has 3 aromatic carbocycles. The summed E-state index contributed by atoms with van der Waals surface area (Å²) in [6.07, 6.45) is 2.19. The van der Waals surface area contributed by atoms with Crippen molar-refractivity contribution in [3.8, 4) is 6.07 Å². The number of furan rings is 1. The van der Waals surface area contributed by atoms with Crippen LogP contribution in [0.5, 0.6) is 0 Å². The fourth-order valence-electron chi connectivity index (χ4n) is 4.95. The lowest BCUT2D eigenvalue weighted by Crippen LogP contribution is -2.33. The van der Waals surface area contributed by atoms with Crippen molar-refractivity contribution in [1.82, 2.24) is 4.90 Å². The lowest BCUT2D eigenvalue weighted by Gasteiger charge is -2.31. The molecule has 0 fully saturated rings. The van der Waals surface area contributed by atoms with E-state index >= 15 is 0 Å². The number of nitrogens with zero attached hydrogens (tertiary/aromatic N) is 2. The number of hydrogen-bond acceptors (Lipinski definition) is 3. The average Bonchev–Trinajstić information content (AvgIpc) is 3.21. The number of benzene rings is 3. The molecule has 0 radical (unpaired) electrons. The van der Waals surface area contributed by atoms with E-state index in [4.69, 9.17) is 4.42 Å². The fraction of sp³-hybridized carbons (Fsp3) is 0.250. The molecule has 0 spiro atoms. The van der Waals surface area contributed by atoms with E-state index in [1.54, 1.807) is 24.3 Å². The number of hydrogen-bond donors (Lipinski definition) is 0. The molecule has 4 aromatic rings. The summed E-state index contributed by atoms with van der Waals surface area (Å²) in [6.45, 7) is 2.54. The SMILES string of the molecule is N#CC(CCCN1CCc2oc3ccccc3c2C1)(c1ccc(F)cc1)c1ccc(F)cc1. The summed E-state index contributed by atoms with van der Waals surface area (Å²) in [5.41, 5.74) is 2.66. The van der Waals surface area contributed by atoms with Gasteiger partial charge in [-0.25, -0.2) is 8.78 Å². The molecule has 0 atom stereocenters. The lowest BCUT2D eigenvalue weighted by atomic mass is 9.72. The molecule has 33 heavy (non-hydrogen) atoms. The maximum atomic E-state index is 13.6. The van der Waals surface area contributed by atoms with Crippen molar-refractivity contribution >= 4 is 11.0 Å². The molecule has 0 saturated carbocycles. The van der Waals surface area contributed by atoms with E-state index in [0.29, 0.717) is 6.42 Å². The smallest absolute Gasteiger partial charge is 0.134 e. The number of nitriles is 1. The Kier molecular flexibility index (Phi) is 5.70. The van der Waals surface area contributed by atoms with E-state index in [9.17, 15) is 14.0 Å². The number of halogens is 2. The standard InChI is InChI=1S/C28H24F2N2O/c29-22-10-6-20(7-11-22)28(19-31,21-8-12-23(30)13-9-21)15-3-16-32-17-14-27-25(18-32)24-4-1-2-5-26(24)33-27/h1-2,4-13H,3,14-18H2. The van der Waals surface area contributed by atoms with Gasteiger partial charge in [-0.3, -0.25) is 4.90 Å². The third-order valence-electron chi connectivity index (χ3n) is 6.71. The van der Waals surface area contributed by atoms with Crippen molar-refractivity contribution in [3.63, 3.8) is 0 Å². The number of para-hydroxylation sites is 1. The predicted molar refractivity (Wildman–Crippen MR) is 124 cm³/mol. The Balaban J connectivity index is 1.36. The molecular formula is C28H24F2N2O. The van der Waals surface area contributed by atoms with Crippen molar-refractivity contribution < 1.29 is 13.2 Å². The molecule has 166 valence electrons. The monoisotopic (exact) mass is 442 g/mol. The van der Waals surface area contributed by atoms with Crippen LogP contribution in [0.15, 0.2) is 77.2 Å². The van der Waals surface area contributed by atoms with Gasteiger partial charge in [0.05, 0.1) is 6.07 Å². The second-order valence-electron chi connectivity index (χ2n) is 8.66. The quantitative estimate of drug-likeness (QED) is 0.349. The second-order valence-corrected chi connectivity index (χ2v) is 8.66. The molecule has 2 heterocycles. The molecule has 0 amide bonds. The van der Waals surface area contributed by atoms with Gasteiger partial charge in [0, 0.05) is 30.5 Å². The summed E-state index contributed by atoms with van der Waals surface area (Å²) in [4.78, 5) is 2.39. The van der Waals surface area contributed by atoms with Crippen molar-refractivity contribution in [2.75, 3.05) is 13.1 Å². The Morgan fingerprint density at radius 2 is 1.55 bits per heavy atom. The normalized spacial score (nSPS) is 14.2. The van der Waals surface area contributed by atoms with Gasteiger partial charge in [-0.05, 0) is 60.8 Å². The Morgan fingerprint density at radius 1 is 0.909 bits per heavy atom. The predicted octanol–water partition coefficient (Wildman–Crippen LogP) is 6.36. The molecule has 3 nitrogen and oxygen atoms in total. The van der Waals surface area contributed by atoms with Crippen LogP contribution in [0, 0.1) is 23.0 Å². The van der Waals surface area contributed by atoms with E-state index in [-0.39, 0.29) is 11.6 Å². The molecule has 0 bridgehead atoms. The zero-order valence-corrected chi connectivity index (χ0v) is 18.2. The summed E-state index contributed by atoms with van der Waals surface area (Å²) in [5, 5.41) is 11.5. The summed E-state index contributed by atoms with van der Waals surface area (Å²) < 4.78 is 33.2. The zero-order valence-electron chi connectivity index (χ0n) is 18.2. The molecule has 1 aromatic heterocycles. The number of fused-ring (bicyclic) bond motifs is 3. The van der Waals surface area contributed by atoms with Gasteiger partial charge in [0.1, 0.15) is 28.4 Å². The number of rotatable bonds is 6. The van der Waals surface area contributed by atoms with E-state index in [0.717, 1.165) is 54.9 Å². The van der Waals surface area contributed by atoms with E-state index in [2.05, 4.69) is 17.0 Å². The molecule has 5 heteroatoms. The fourth-order valence-corrected chi connectivity index (χ4v) is 4.95. The largest absolute Gasteiger partial charge is 0.461 e. The van der Waals surface area contributed by atoms with Gasteiger partial charge in [0.25, 0.3) is 0 Å². The minimum atomic E-state index is -0.968. The van der Waals surface area contributed by atoms with Gasteiger partial charge in [-0.1, -0.05) is 42.5 Å². The second kappa shape index (κ2) is 8.80. The maximum absolute atomic E-state index is 13.6. The molecule has 5 rings (SSSR count). The minimum absolute atomic E-state index is 0.346.